The molecule has 0 radical (unpaired) electrons. The molecule has 0 aromatic heterocycles. The quantitative estimate of drug-likeness (QED) is 0.302. The number of hydrogen-bond acceptors (Lipinski definition) is 6. The molecule has 1 aliphatic heterocycles. The van der Waals surface area contributed by atoms with Crippen molar-refractivity contribution in [1.82, 2.24) is 24.9 Å². The molecule has 0 spiro atoms. The van der Waals surface area contributed by atoms with Gasteiger partial charge in [0.25, 0.3) is 0 Å². The Morgan fingerprint density at radius 3 is 2.03 bits per heavy atom. The number of carbonyl (C=O) groups is 2. The number of hydroxylamine groups is 2. The van der Waals surface area contributed by atoms with E-state index in [2.05, 4.69) is 59.1 Å². The van der Waals surface area contributed by atoms with Gasteiger partial charge in [-0.2, -0.15) is 5.06 Å². The molecular formula is C24H49N5O3S. The Bertz CT molecular complexity index is 654. The fraction of sp³-hybridized carbons (Fsp3) is 0.917. The molecule has 1 heterocycles. The van der Waals surface area contributed by atoms with Crippen LogP contribution in [-0.4, -0.2) is 77.1 Å². The molecule has 9 heteroatoms. The van der Waals surface area contributed by atoms with Gasteiger partial charge in [0.05, 0.1) is 6.04 Å². The van der Waals surface area contributed by atoms with Gasteiger partial charge in [-0.25, -0.2) is 13.4 Å². The molecule has 1 fully saturated rings. The van der Waals surface area contributed by atoms with Crippen molar-refractivity contribution in [2.24, 2.45) is 10.8 Å². The van der Waals surface area contributed by atoms with Crippen molar-refractivity contribution >= 4 is 24.2 Å². The van der Waals surface area contributed by atoms with Gasteiger partial charge < -0.3 is 15.5 Å². The van der Waals surface area contributed by atoms with Crippen LogP contribution >= 0.6 is 12.2 Å². The van der Waals surface area contributed by atoms with Crippen LogP contribution in [0.4, 0.5) is 4.79 Å². The number of urea groups is 1. The van der Waals surface area contributed by atoms with Crippen molar-refractivity contribution in [3.05, 3.63) is 0 Å². The van der Waals surface area contributed by atoms with E-state index in [1.165, 1.54) is 12.2 Å². The third-order valence-corrected chi connectivity index (χ3v) is 7.32. The number of rotatable bonds is 8. The molecule has 1 saturated heterocycles. The molecule has 1 aliphatic rings. The van der Waals surface area contributed by atoms with Crippen LogP contribution in [0.25, 0.3) is 0 Å². The Morgan fingerprint density at radius 1 is 1.03 bits per heavy atom. The summed E-state index contributed by atoms with van der Waals surface area (Å²) < 4.78 is 7.87. The summed E-state index contributed by atoms with van der Waals surface area (Å²) >= 11 is 1.28. The zero-order valence-electron chi connectivity index (χ0n) is 23.0. The molecule has 0 saturated carbocycles. The highest BCUT2D eigenvalue weighted by Gasteiger charge is 2.39. The SMILES string of the molecule is CC1CCCN1C(=O)C(NC(=O)NC(CN(C)OSN(C)C(C)(C)C)C(C)(C)C)C(C)(C)C. The van der Waals surface area contributed by atoms with Crippen LogP contribution in [0.15, 0.2) is 0 Å². The Hall–Kier alpha value is -1.03. The number of likely N-dealkylation sites (tertiary alicyclic amines) is 1. The largest absolute Gasteiger partial charge is 0.338 e. The third kappa shape index (κ3) is 9.62. The topological polar surface area (TPSA) is 77.2 Å². The van der Waals surface area contributed by atoms with Gasteiger partial charge in [-0.05, 0) is 51.4 Å². The molecule has 0 aliphatic carbocycles. The Kier molecular flexibility index (Phi) is 10.5. The minimum atomic E-state index is -0.594. The van der Waals surface area contributed by atoms with Crippen LogP contribution in [0, 0.1) is 10.8 Å². The predicted molar refractivity (Wildman–Crippen MR) is 137 cm³/mol. The lowest BCUT2D eigenvalue weighted by atomic mass is 9.85. The maximum Gasteiger partial charge on any atom is 0.315 e. The molecule has 3 unspecified atom stereocenters. The Labute approximate surface area is 206 Å². The summed E-state index contributed by atoms with van der Waals surface area (Å²) in [5.74, 6) is -0.00275. The Balaban J connectivity index is 2.83. The van der Waals surface area contributed by atoms with E-state index in [-0.39, 0.29) is 35.0 Å². The van der Waals surface area contributed by atoms with E-state index in [1.54, 1.807) is 5.06 Å². The minimum absolute atomic E-state index is 0.00275. The number of hydrogen-bond donors (Lipinski definition) is 2. The number of amides is 3. The second kappa shape index (κ2) is 11.6. The van der Waals surface area contributed by atoms with E-state index in [0.717, 1.165) is 19.4 Å². The number of carbonyl (C=O) groups excluding carboxylic acids is 2. The van der Waals surface area contributed by atoms with Crippen molar-refractivity contribution in [1.29, 1.82) is 0 Å². The second-order valence-corrected chi connectivity index (χ2v) is 13.3. The molecule has 1 rings (SSSR count). The number of likely N-dealkylation sites (N-methyl/N-ethyl adjacent to an activating group) is 1. The van der Waals surface area contributed by atoms with Crippen LogP contribution in [-0.2, 0) is 9.08 Å². The predicted octanol–water partition coefficient (Wildman–Crippen LogP) is 4.28. The van der Waals surface area contributed by atoms with Crippen molar-refractivity contribution in [2.75, 3.05) is 27.2 Å². The van der Waals surface area contributed by atoms with E-state index in [9.17, 15) is 9.59 Å². The highest BCUT2D eigenvalue weighted by molar-refractivity contribution is 7.92. The molecule has 3 atom stereocenters. The molecule has 33 heavy (non-hydrogen) atoms. The summed E-state index contributed by atoms with van der Waals surface area (Å²) in [6.07, 6.45) is 2.02. The fourth-order valence-electron chi connectivity index (χ4n) is 3.45. The fourth-order valence-corrected chi connectivity index (χ4v) is 3.95. The first-order valence-corrected chi connectivity index (χ1v) is 12.7. The van der Waals surface area contributed by atoms with Gasteiger partial charge in [-0.3, -0.25) is 4.79 Å². The first-order chi connectivity index (χ1) is 14.8. The summed E-state index contributed by atoms with van der Waals surface area (Å²) in [4.78, 5) is 28.3. The van der Waals surface area contributed by atoms with Crippen LogP contribution in [0.3, 0.4) is 0 Å². The summed E-state index contributed by atoms with van der Waals surface area (Å²) in [5, 5.41) is 7.82. The number of nitrogens with zero attached hydrogens (tertiary/aromatic N) is 3. The van der Waals surface area contributed by atoms with Gasteiger partial charge in [-0.15, -0.1) is 0 Å². The summed E-state index contributed by atoms with van der Waals surface area (Å²) in [6, 6.07) is -0.903. The van der Waals surface area contributed by atoms with Gasteiger partial charge in [-0.1, -0.05) is 41.5 Å². The maximum absolute atomic E-state index is 13.3. The van der Waals surface area contributed by atoms with Crippen molar-refractivity contribution in [2.45, 2.75) is 106 Å². The zero-order valence-corrected chi connectivity index (χ0v) is 23.9. The minimum Gasteiger partial charge on any atom is -0.338 e. The average Bonchev–Trinajstić information content (AvgIpc) is 3.06. The highest BCUT2D eigenvalue weighted by Crippen LogP contribution is 2.27. The molecule has 194 valence electrons. The number of nitrogens with one attached hydrogen (secondary N) is 2. The monoisotopic (exact) mass is 487 g/mol. The van der Waals surface area contributed by atoms with Crippen LogP contribution < -0.4 is 10.6 Å². The van der Waals surface area contributed by atoms with E-state index < -0.39 is 11.5 Å². The average molecular weight is 488 g/mol. The van der Waals surface area contributed by atoms with Crippen molar-refractivity contribution < 1.29 is 13.9 Å². The molecule has 8 nitrogen and oxygen atoms in total. The van der Waals surface area contributed by atoms with E-state index in [1.807, 2.05) is 44.1 Å². The van der Waals surface area contributed by atoms with Crippen molar-refractivity contribution in [3.63, 3.8) is 0 Å². The van der Waals surface area contributed by atoms with E-state index in [4.69, 9.17) is 4.28 Å². The van der Waals surface area contributed by atoms with Crippen LogP contribution in [0.5, 0.6) is 0 Å². The summed E-state index contributed by atoms with van der Waals surface area (Å²) in [7, 11) is 3.84. The highest BCUT2D eigenvalue weighted by atomic mass is 32.2. The molecular weight excluding hydrogens is 438 g/mol. The van der Waals surface area contributed by atoms with Gasteiger partial charge in [0.1, 0.15) is 18.3 Å². The zero-order chi connectivity index (χ0) is 25.8. The Morgan fingerprint density at radius 2 is 1.61 bits per heavy atom. The molecule has 0 aromatic rings. The van der Waals surface area contributed by atoms with Crippen molar-refractivity contribution in [3.8, 4) is 0 Å². The summed E-state index contributed by atoms with van der Waals surface area (Å²) in [5.41, 5.74) is -0.642. The second-order valence-electron chi connectivity index (χ2n) is 12.5. The maximum atomic E-state index is 13.3. The molecule has 0 bridgehead atoms. The molecule has 3 amide bonds. The van der Waals surface area contributed by atoms with Gasteiger partial charge >= 0.3 is 6.03 Å². The smallest absolute Gasteiger partial charge is 0.315 e. The van der Waals surface area contributed by atoms with Gasteiger partial charge in [0.15, 0.2) is 0 Å². The van der Waals surface area contributed by atoms with Gasteiger partial charge in [0.2, 0.25) is 5.91 Å². The third-order valence-electron chi connectivity index (χ3n) is 6.23. The van der Waals surface area contributed by atoms with Gasteiger partial charge in [0, 0.05) is 38.8 Å². The lowest BCUT2D eigenvalue weighted by molar-refractivity contribution is -0.136. The first-order valence-electron chi connectivity index (χ1n) is 12.0. The lowest BCUT2D eigenvalue weighted by Gasteiger charge is -2.37. The molecule has 2 N–H and O–H groups in total. The van der Waals surface area contributed by atoms with Crippen LogP contribution in [0.1, 0.15) is 82.1 Å². The standard InChI is InChI=1S/C24H49N5O3S/c1-17-14-13-15-29(17)20(30)19(23(5,6)7)26-21(31)25-18(22(2,3)4)16-27(11)32-33-28(12)24(8,9)10/h17-19H,13-16H2,1-12H3,(H2,25,26,31). The summed E-state index contributed by atoms with van der Waals surface area (Å²) in [6.45, 7) is 21.9. The first kappa shape index (κ1) is 30.0. The molecule has 0 aromatic carbocycles. The van der Waals surface area contributed by atoms with E-state index in [0.29, 0.717) is 6.54 Å². The van der Waals surface area contributed by atoms with E-state index >= 15 is 0 Å². The van der Waals surface area contributed by atoms with Crippen LogP contribution in [0.2, 0.25) is 0 Å². The normalized spacial score (nSPS) is 19.7. The lowest BCUT2D eigenvalue weighted by Crippen LogP contribution is -2.60.